The molecule has 0 bridgehead atoms. The third-order valence-corrected chi connectivity index (χ3v) is 7.18. The van der Waals surface area contributed by atoms with Crippen molar-refractivity contribution in [2.24, 2.45) is 0 Å². The topological polar surface area (TPSA) is 82.3 Å². The molecule has 0 fully saturated rings. The van der Waals surface area contributed by atoms with Gasteiger partial charge in [-0.15, -0.1) is 0 Å². The number of allylic oxidation sites excluding steroid dienone is 5. The van der Waals surface area contributed by atoms with Crippen LogP contribution in [-0.4, -0.2) is 25.1 Å². The second kappa shape index (κ2) is 13.2. The van der Waals surface area contributed by atoms with Gasteiger partial charge < -0.3 is 10.3 Å². The zero-order chi connectivity index (χ0) is 31.2. The largest absolute Gasteiger partial charge is 0.358 e. The zero-order valence-electron chi connectivity index (χ0n) is 25.2. The highest BCUT2D eigenvalue weighted by Gasteiger charge is 2.17. The molecule has 220 valence electrons. The van der Waals surface area contributed by atoms with E-state index in [1.165, 1.54) is 17.7 Å². The Morgan fingerprint density at radius 3 is 2.57 bits per heavy atom. The lowest BCUT2D eigenvalue weighted by atomic mass is 9.99. The number of benzene rings is 2. The van der Waals surface area contributed by atoms with Gasteiger partial charge in [-0.3, -0.25) is 10.1 Å². The van der Waals surface area contributed by atoms with E-state index >= 15 is 0 Å². The maximum Gasteiger partial charge on any atom is 0.159 e. The molecule has 5 aromatic rings. The van der Waals surface area contributed by atoms with Crippen molar-refractivity contribution in [3.8, 4) is 11.5 Å². The van der Waals surface area contributed by atoms with Crippen LogP contribution in [0.4, 0.5) is 10.1 Å². The van der Waals surface area contributed by atoms with Crippen LogP contribution in [0, 0.1) is 19.7 Å². The summed E-state index contributed by atoms with van der Waals surface area (Å²) in [6.07, 6.45) is 11.8. The predicted molar refractivity (Wildman–Crippen MR) is 179 cm³/mol. The van der Waals surface area contributed by atoms with Gasteiger partial charge in [0, 0.05) is 34.8 Å². The average molecular weight is 583 g/mol. The van der Waals surface area contributed by atoms with Crippen LogP contribution in [0.25, 0.3) is 35.3 Å². The number of nitrogens with one attached hydrogen (secondary N) is 3. The number of hydrogen-bond donors (Lipinski definition) is 3. The molecule has 0 amide bonds. The van der Waals surface area contributed by atoms with Crippen molar-refractivity contribution >= 4 is 29.5 Å². The molecule has 0 aliphatic rings. The number of hydrogen-bond acceptors (Lipinski definition) is 4. The Hall–Kier alpha value is -5.56. The van der Waals surface area contributed by atoms with Crippen LogP contribution in [0.15, 0.2) is 104 Å². The van der Waals surface area contributed by atoms with Gasteiger partial charge in [0.05, 0.1) is 22.9 Å². The summed E-state index contributed by atoms with van der Waals surface area (Å²) < 4.78 is 14.2. The molecule has 2 aromatic carbocycles. The number of aromatic amines is 2. The first-order chi connectivity index (χ1) is 21.2. The van der Waals surface area contributed by atoms with Gasteiger partial charge in [0.15, 0.2) is 5.82 Å². The van der Waals surface area contributed by atoms with Gasteiger partial charge in [0.25, 0.3) is 0 Å². The molecule has 3 N–H and O–H groups in total. The minimum absolute atomic E-state index is 0.300. The summed E-state index contributed by atoms with van der Waals surface area (Å²) in [7, 11) is 0. The number of aromatic nitrogens is 5. The summed E-state index contributed by atoms with van der Waals surface area (Å²) >= 11 is 0. The predicted octanol–water partition coefficient (Wildman–Crippen LogP) is 7.03. The minimum atomic E-state index is -0.300. The third-order valence-electron chi connectivity index (χ3n) is 7.18. The Kier molecular flexibility index (Phi) is 8.95. The Bertz CT molecular complexity index is 1990. The van der Waals surface area contributed by atoms with E-state index in [0.29, 0.717) is 22.4 Å². The average Bonchev–Trinajstić information content (AvgIpc) is 3.56. The van der Waals surface area contributed by atoms with Gasteiger partial charge in [-0.1, -0.05) is 74.4 Å². The van der Waals surface area contributed by atoms with E-state index in [4.69, 9.17) is 4.98 Å². The van der Waals surface area contributed by atoms with Crippen LogP contribution in [-0.2, 0) is 6.42 Å². The van der Waals surface area contributed by atoms with Crippen LogP contribution < -0.4 is 15.9 Å². The molecule has 0 aliphatic heterocycles. The van der Waals surface area contributed by atoms with Gasteiger partial charge in [-0.2, -0.15) is 5.10 Å². The van der Waals surface area contributed by atoms with Gasteiger partial charge in [0.1, 0.15) is 11.5 Å². The Labute approximate surface area is 256 Å². The first kappa shape index (κ1) is 29.9. The van der Waals surface area contributed by atoms with Crippen LogP contribution in [0.1, 0.15) is 40.6 Å². The molecule has 0 unspecified atom stereocenters. The normalized spacial score (nSPS) is 12.4. The van der Waals surface area contributed by atoms with Crippen LogP contribution in [0.2, 0.25) is 0 Å². The monoisotopic (exact) mass is 582 g/mol. The molecule has 44 heavy (non-hydrogen) atoms. The SMILES string of the molecule is C=C/C=C(/c1cc(C)cc(F)c1)c1nc(-c2n[nH]/c(=C/C=C(\C)c3cncc(NC(=C)Cc4ccccc4)c3)c2=C)[nH]c1C. The number of rotatable bonds is 10. The van der Waals surface area contributed by atoms with Gasteiger partial charge in [-0.25, -0.2) is 9.37 Å². The highest BCUT2D eigenvalue weighted by atomic mass is 19.1. The van der Waals surface area contributed by atoms with Gasteiger partial charge in [0.2, 0.25) is 0 Å². The maximum atomic E-state index is 14.2. The van der Waals surface area contributed by atoms with Gasteiger partial charge >= 0.3 is 0 Å². The number of nitrogens with zero attached hydrogens (tertiary/aromatic N) is 3. The zero-order valence-corrected chi connectivity index (χ0v) is 25.2. The number of halogens is 1. The van der Waals surface area contributed by atoms with Crippen molar-refractivity contribution in [2.45, 2.75) is 27.2 Å². The van der Waals surface area contributed by atoms with Gasteiger partial charge in [-0.05, 0) is 72.9 Å². The molecule has 0 atom stereocenters. The molecule has 0 saturated carbocycles. The van der Waals surface area contributed by atoms with Crippen LogP contribution >= 0.6 is 0 Å². The summed E-state index contributed by atoms with van der Waals surface area (Å²) in [6.45, 7) is 18.1. The Balaban J connectivity index is 1.37. The fourth-order valence-corrected chi connectivity index (χ4v) is 4.99. The first-order valence-corrected chi connectivity index (χ1v) is 14.3. The highest BCUT2D eigenvalue weighted by Crippen LogP contribution is 2.28. The number of imidazole rings is 1. The van der Waals surface area contributed by atoms with Crippen molar-refractivity contribution in [1.29, 1.82) is 0 Å². The molecular formula is C37H35FN6. The van der Waals surface area contributed by atoms with E-state index in [2.05, 4.69) is 57.4 Å². The molecule has 6 nitrogen and oxygen atoms in total. The Morgan fingerprint density at radius 2 is 1.82 bits per heavy atom. The first-order valence-electron chi connectivity index (χ1n) is 14.3. The molecule has 0 spiro atoms. The maximum absolute atomic E-state index is 14.2. The summed E-state index contributed by atoms with van der Waals surface area (Å²) in [5.41, 5.74) is 9.40. The standard InChI is InChI=1S/C37H35FN6/c1-7-11-33(29-16-23(2)17-31(38)19-29)36-27(6)41-37(42-36)35-26(5)34(43-44-35)15-14-24(3)30-20-32(22-39-21-30)40-25(4)18-28-12-9-8-10-13-28/h7-17,19-22,40,43H,1,4-5,18H2,2-3,6H3,(H,41,42)/b24-14+,33-11-,34-15+. The lowest BCUT2D eigenvalue weighted by Crippen LogP contribution is -2.21. The van der Waals surface area contributed by atoms with E-state index < -0.39 is 0 Å². The Morgan fingerprint density at radius 1 is 1.02 bits per heavy atom. The molecule has 0 saturated heterocycles. The van der Waals surface area contributed by atoms with Crippen molar-refractivity contribution in [3.63, 3.8) is 0 Å². The summed E-state index contributed by atoms with van der Waals surface area (Å²) in [4.78, 5) is 12.6. The molecule has 0 radical (unpaired) electrons. The van der Waals surface area contributed by atoms with Crippen LogP contribution in [0.5, 0.6) is 0 Å². The fourth-order valence-electron chi connectivity index (χ4n) is 4.99. The van der Waals surface area contributed by atoms with Crippen molar-refractivity contribution in [1.82, 2.24) is 25.1 Å². The van der Waals surface area contributed by atoms with Crippen molar-refractivity contribution in [3.05, 3.63) is 154 Å². The summed E-state index contributed by atoms with van der Waals surface area (Å²) in [6, 6.07) is 17.2. The smallest absolute Gasteiger partial charge is 0.159 e. The quantitative estimate of drug-likeness (QED) is 0.154. The number of H-pyrrole nitrogens is 2. The van der Waals surface area contributed by atoms with E-state index in [9.17, 15) is 4.39 Å². The molecule has 3 aromatic heterocycles. The second-order valence-electron chi connectivity index (χ2n) is 10.7. The van der Waals surface area contributed by atoms with E-state index in [1.54, 1.807) is 12.3 Å². The number of pyridine rings is 1. The summed E-state index contributed by atoms with van der Waals surface area (Å²) in [5, 5.41) is 12.4. The molecule has 7 heteroatoms. The van der Waals surface area contributed by atoms with Crippen LogP contribution in [0.3, 0.4) is 0 Å². The van der Waals surface area contributed by atoms with E-state index in [-0.39, 0.29) is 5.82 Å². The lowest BCUT2D eigenvalue weighted by Gasteiger charge is -2.11. The molecule has 0 aliphatic carbocycles. The highest BCUT2D eigenvalue weighted by molar-refractivity contribution is 5.81. The van der Waals surface area contributed by atoms with E-state index in [1.807, 2.05) is 75.5 Å². The van der Waals surface area contributed by atoms with Crippen molar-refractivity contribution < 1.29 is 4.39 Å². The van der Waals surface area contributed by atoms with E-state index in [0.717, 1.165) is 56.7 Å². The number of anilines is 1. The third kappa shape index (κ3) is 6.90. The van der Waals surface area contributed by atoms with Crippen molar-refractivity contribution in [2.75, 3.05) is 5.32 Å². The minimum Gasteiger partial charge on any atom is -0.358 e. The summed E-state index contributed by atoms with van der Waals surface area (Å²) in [5.74, 6) is 0.271. The molecule has 5 rings (SSSR count). The molecule has 3 heterocycles. The molecular weight excluding hydrogens is 547 g/mol. The second-order valence-corrected chi connectivity index (χ2v) is 10.7. The lowest BCUT2D eigenvalue weighted by molar-refractivity contribution is 0.626. The number of aryl methyl sites for hydroxylation is 2. The fraction of sp³-hybridized carbons (Fsp3) is 0.108.